The molecule has 0 saturated carbocycles. The Kier molecular flexibility index (Phi) is 6.23. The fourth-order valence-electron chi connectivity index (χ4n) is 2.37. The van der Waals surface area contributed by atoms with Gasteiger partial charge in [-0.05, 0) is 61.7 Å². The molecular formula is C18H22N2O5S. The normalized spacial score (nSPS) is 11.1. The molecule has 0 unspecified atom stereocenters. The number of benzene rings is 2. The summed E-state index contributed by atoms with van der Waals surface area (Å²) < 4.78 is 35.2. The van der Waals surface area contributed by atoms with Gasteiger partial charge < -0.3 is 9.47 Å². The number of sulfonamides is 1. The zero-order chi connectivity index (χ0) is 19.3. The van der Waals surface area contributed by atoms with Crippen LogP contribution in [-0.4, -0.2) is 28.0 Å². The van der Waals surface area contributed by atoms with E-state index in [1.165, 1.54) is 13.2 Å². The van der Waals surface area contributed by atoms with E-state index in [0.29, 0.717) is 5.75 Å². The molecule has 26 heavy (non-hydrogen) atoms. The molecular weight excluding hydrogens is 356 g/mol. The number of carbonyl (C=O) groups excluding carboxylic acids is 1. The highest BCUT2D eigenvalue weighted by Crippen LogP contribution is 2.24. The third-order valence-electron chi connectivity index (χ3n) is 3.50. The molecule has 0 aliphatic carbocycles. The number of nitrogens with one attached hydrogen (secondary N) is 2. The fraction of sp³-hybridized carbons (Fsp3) is 0.278. The Hall–Kier alpha value is -2.58. The number of hydrazine groups is 1. The summed E-state index contributed by atoms with van der Waals surface area (Å²) in [5.41, 5.74) is 4.89. The number of rotatable bonds is 7. The summed E-state index contributed by atoms with van der Waals surface area (Å²) in [5.74, 6) is 0.101. The van der Waals surface area contributed by atoms with Crippen LogP contribution in [-0.2, 0) is 14.8 Å². The molecule has 0 radical (unpaired) electrons. The maximum Gasteiger partial charge on any atom is 0.272 e. The van der Waals surface area contributed by atoms with E-state index in [-0.39, 0.29) is 17.3 Å². The van der Waals surface area contributed by atoms with Gasteiger partial charge in [-0.15, -0.1) is 4.83 Å². The van der Waals surface area contributed by atoms with Crippen LogP contribution in [0.4, 0.5) is 0 Å². The monoisotopic (exact) mass is 378 g/mol. The average molecular weight is 378 g/mol. The molecule has 0 atom stereocenters. The summed E-state index contributed by atoms with van der Waals surface area (Å²) in [6, 6.07) is 10.3. The fourth-order valence-corrected chi connectivity index (χ4v) is 3.49. The minimum atomic E-state index is -3.98. The van der Waals surface area contributed by atoms with Gasteiger partial charge >= 0.3 is 0 Å². The Bertz CT molecular complexity index is 890. The Labute approximate surface area is 153 Å². The van der Waals surface area contributed by atoms with Crippen molar-refractivity contribution >= 4 is 15.9 Å². The summed E-state index contributed by atoms with van der Waals surface area (Å²) in [4.78, 5) is 13.9. The van der Waals surface area contributed by atoms with Crippen LogP contribution in [0, 0.1) is 20.8 Å². The summed E-state index contributed by atoms with van der Waals surface area (Å²) >= 11 is 0. The topological polar surface area (TPSA) is 93.7 Å². The lowest BCUT2D eigenvalue weighted by Gasteiger charge is -2.13. The van der Waals surface area contributed by atoms with Gasteiger partial charge in [0.1, 0.15) is 16.4 Å². The predicted molar refractivity (Wildman–Crippen MR) is 97.6 cm³/mol. The maximum atomic E-state index is 12.4. The molecule has 140 valence electrons. The van der Waals surface area contributed by atoms with Gasteiger partial charge in [0.2, 0.25) is 0 Å². The number of methoxy groups -OCH3 is 1. The first kappa shape index (κ1) is 19.7. The Morgan fingerprint density at radius 2 is 1.65 bits per heavy atom. The van der Waals surface area contributed by atoms with Crippen LogP contribution in [0.2, 0.25) is 0 Å². The quantitative estimate of drug-likeness (QED) is 0.719. The molecule has 2 aromatic carbocycles. The van der Waals surface area contributed by atoms with E-state index in [1.807, 2.05) is 24.7 Å². The molecule has 1 amide bonds. The van der Waals surface area contributed by atoms with E-state index < -0.39 is 15.9 Å². The van der Waals surface area contributed by atoms with E-state index in [1.54, 1.807) is 31.2 Å². The summed E-state index contributed by atoms with van der Waals surface area (Å²) in [6.45, 7) is 5.28. The standard InChI is InChI=1S/C18H22N2O5S/c1-12-5-6-16(24-4)17(10-12)26(22,23)20-19-18(21)11-25-15-8-13(2)7-14(3)9-15/h5-10,20H,11H2,1-4H3,(H,19,21). The Balaban J connectivity index is 1.99. The predicted octanol–water partition coefficient (Wildman–Crippen LogP) is 2.01. The van der Waals surface area contributed by atoms with E-state index in [0.717, 1.165) is 16.7 Å². The van der Waals surface area contributed by atoms with Crippen molar-refractivity contribution in [2.45, 2.75) is 25.7 Å². The van der Waals surface area contributed by atoms with Crippen LogP contribution in [0.15, 0.2) is 41.3 Å². The SMILES string of the molecule is COc1ccc(C)cc1S(=O)(=O)NNC(=O)COc1cc(C)cc(C)c1. The molecule has 2 aromatic rings. The van der Waals surface area contributed by atoms with Gasteiger partial charge in [-0.25, -0.2) is 8.42 Å². The van der Waals surface area contributed by atoms with E-state index in [2.05, 4.69) is 5.43 Å². The molecule has 0 bridgehead atoms. The molecule has 8 heteroatoms. The van der Waals surface area contributed by atoms with Gasteiger partial charge in [-0.2, -0.15) is 0 Å². The van der Waals surface area contributed by atoms with Gasteiger partial charge in [-0.1, -0.05) is 12.1 Å². The van der Waals surface area contributed by atoms with E-state index in [9.17, 15) is 13.2 Å². The number of ether oxygens (including phenoxy) is 2. The van der Waals surface area contributed by atoms with Crippen molar-refractivity contribution in [3.05, 3.63) is 53.1 Å². The molecule has 0 aromatic heterocycles. The Morgan fingerprint density at radius 3 is 2.27 bits per heavy atom. The summed E-state index contributed by atoms with van der Waals surface area (Å²) in [5, 5.41) is 0. The number of hydrogen-bond acceptors (Lipinski definition) is 5. The second kappa shape index (κ2) is 8.20. The third kappa shape index (κ3) is 5.21. The highest BCUT2D eigenvalue weighted by molar-refractivity contribution is 7.89. The van der Waals surface area contributed by atoms with Crippen molar-refractivity contribution in [2.24, 2.45) is 0 Å². The number of amides is 1. The molecule has 0 saturated heterocycles. The first-order chi connectivity index (χ1) is 12.2. The van der Waals surface area contributed by atoms with Crippen molar-refractivity contribution in [3.63, 3.8) is 0 Å². The molecule has 0 aliphatic heterocycles. The van der Waals surface area contributed by atoms with Crippen LogP contribution >= 0.6 is 0 Å². The average Bonchev–Trinajstić information content (AvgIpc) is 2.57. The zero-order valence-corrected chi connectivity index (χ0v) is 15.9. The van der Waals surface area contributed by atoms with Crippen LogP contribution in [0.5, 0.6) is 11.5 Å². The van der Waals surface area contributed by atoms with Gasteiger partial charge in [-0.3, -0.25) is 10.2 Å². The van der Waals surface area contributed by atoms with Crippen molar-refractivity contribution in [3.8, 4) is 11.5 Å². The molecule has 0 aliphatic rings. The number of aryl methyl sites for hydroxylation is 3. The zero-order valence-electron chi connectivity index (χ0n) is 15.1. The number of carbonyl (C=O) groups is 1. The van der Waals surface area contributed by atoms with Gasteiger partial charge in [0.15, 0.2) is 6.61 Å². The van der Waals surface area contributed by atoms with E-state index >= 15 is 0 Å². The molecule has 2 N–H and O–H groups in total. The Morgan fingerprint density at radius 1 is 1.00 bits per heavy atom. The molecule has 0 fully saturated rings. The summed E-state index contributed by atoms with van der Waals surface area (Å²) in [7, 11) is -2.60. The smallest absolute Gasteiger partial charge is 0.272 e. The lowest BCUT2D eigenvalue weighted by Crippen LogP contribution is -2.43. The minimum Gasteiger partial charge on any atom is -0.495 e. The molecule has 7 nitrogen and oxygen atoms in total. The molecule has 0 heterocycles. The second-order valence-electron chi connectivity index (χ2n) is 5.92. The van der Waals surface area contributed by atoms with Gasteiger partial charge in [0.05, 0.1) is 7.11 Å². The first-order valence-corrected chi connectivity index (χ1v) is 9.36. The largest absolute Gasteiger partial charge is 0.495 e. The molecule has 2 rings (SSSR count). The van der Waals surface area contributed by atoms with Gasteiger partial charge in [0.25, 0.3) is 15.9 Å². The second-order valence-corrected chi connectivity index (χ2v) is 7.57. The van der Waals surface area contributed by atoms with Gasteiger partial charge in [0, 0.05) is 0 Å². The number of hydrogen-bond donors (Lipinski definition) is 2. The van der Waals surface area contributed by atoms with E-state index in [4.69, 9.17) is 9.47 Å². The van der Waals surface area contributed by atoms with Crippen LogP contribution < -0.4 is 19.7 Å². The minimum absolute atomic E-state index is 0.0597. The maximum absolute atomic E-state index is 12.4. The lowest BCUT2D eigenvalue weighted by atomic mass is 10.1. The van der Waals surface area contributed by atoms with Crippen LogP contribution in [0.3, 0.4) is 0 Å². The van der Waals surface area contributed by atoms with Crippen molar-refractivity contribution in [2.75, 3.05) is 13.7 Å². The third-order valence-corrected chi connectivity index (χ3v) is 4.77. The van der Waals surface area contributed by atoms with Crippen molar-refractivity contribution in [1.29, 1.82) is 0 Å². The summed E-state index contributed by atoms with van der Waals surface area (Å²) in [6.07, 6.45) is 0. The van der Waals surface area contributed by atoms with Crippen LogP contribution in [0.1, 0.15) is 16.7 Å². The van der Waals surface area contributed by atoms with Crippen LogP contribution in [0.25, 0.3) is 0 Å². The first-order valence-electron chi connectivity index (χ1n) is 7.87. The van der Waals surface area contributed by atoms with Crippen molar-refractivity contribution in [1.82, 2.24) is 10.3 Å². The molecule has 0 spiro atoms. The highest BCUT2D eigenvalue weighted by Gasteiger charge is 2.20. The lowest BCUT2D eigenvalue weighted by molar-refractivity contribution is -0.123. The van der Waals surface area contributed by atoms with Crippen molar-refractivity contribution < 1.29 is 22.7 Å². The highest BCUT2D eigenvalue weighted by atomic mass is 32.2.